The van der Waals surface area contributed by atoms with Crippen molar-refractivity contribution in [3.05, 3.63) is 101 Å². The van der Waals surface area contributed by atoms with E-state index in [0.29, 0.717) is 24.2 Å². The van der Waals surface area contributed by atoms with Gasteiger partial charge in [-0.3, -0.25) is 14.6 Å². The molecule has 2 amide bonds. The Bertz CT molecular complexity index is 986. The molecule has 0 fully saturated rings. The van der Waals surface area contributed by atoms with Crippen molar-refractivity contribution in [3.8, 4) is 0 Å². The first-order valence-corrected chi connectivity index (χ1v) is 9.62. The lowest BCUT2D eigenvalue weighted by Crippen LogP contribution is -2.29. The van der Waals surface area contributed by atoms with Gasteiger partial charge < -0.3 is 10.2 Å². The standard InChI is InChI=1S/C24H25N3O2/c1-18-6-3-4-7-22(18)17-26-23(28)20-8-5-9-21(16-20)24(29)27(2)15-12-19-10-13-25-14-11-19/h3-11,13-14,16H,12,15,17H2,1-2H3,(H,26,28). The van der Waals surface area contributed by atoms with Crippen LogP contribution in [0.4, 0.5) is 0 Å². The minimum absolute atomic E-state index is 0.104. The van der Waals surface area contributed by atoms with Crippen molar-refractivity contribution in [1.82, 2.24) is 15.2 Å². The number of nitrogens with zero attached hydrogens (tertiary/aromatic N) is 2. The molecule has 0 saturated carbocycles. The van der Waals surface area contributed by atoms with E-state index in [9.17, 15) is 9.59 Å². The topological polar surface area (TPSA) is 62.3 Å². The van der Waals surface area contributed by atoms with Gasteiger partial charge >= 0.3 is 0 Å². The van der Waals surface area contributed by atoms with Crippen LogP contribution in [0.5, 0.6) is 0 Å². The van der Waals surface area contributed by atoms with Crippen molar-refractivity contribution in [1.29, 1.82) is 0 Å². The lowest BCUT2D eigenvalue weighted by Gasteiger charge is -2.17. The fourth-order valence-electron chi connectivity index (χ4n) is 3.05. The Morgan fingerprint density at radius 2 is 1.69 bits per heavy atom. The molecule has 5 nitrogen and oxygen atoms in total. The molecule has 1 N–H and O–H groups in total. The van der Waals surface area contributed by atoms with Gasteiger partial charge in [-0.05, 0) is 60.4 Å². The fraction of sp³-hybridized carbons (Fsp3) is 0.208. The molecule has 1 aromatic heterocycles. The number of hydrogen-bond donors (Lipinski definition) is 1. The quantitative estimate of drug-likeness (QED) is 0.673. The Hall–Kier alpha value is -3.47. The highest BCUT2D eigenvalue weighted by Crippen LogP contribution is 2.11. The third-order valence-corrected chi connectivity index (χ3v) is 4.90. The van der Waals surface area contributed by atoms with Gasteiger partial charge in [0, 0.05) is 43.7 Å². The average molecular weight is 387 g/mol. The van der Waals surface area contributed by atoms with Crippen LogP contribution in [0.15, 0.2) is 73.1 Å². The highest BCUT2D eigenvalue weighted by Gasteiger charge is 2.14. The molecule has 0 radical (unpaired) electrons. The summed E-state index contributed by atoms with van der Waals surface area (Å²) in [5, 5.41) is 2.93. The molecule has 2 aromatic carbocycles. The van der Waals surface area contributed by atoms with Crippen LogP contribution in [0.2, 0.25) is 0 Å². The van der Waals surface area contributed by atoms with E-state index in [1.807, 2.05) is 43.3 Å². The number of carbonyl (C=O) groups is 2. The number of hydrogen-bond acceptors (Lipinski definition) is 3. The summed E-state index contributed by atoms with van der Waals surface area (Å²) in [6.07, 6.45) is 4.24. The summed E-state index contributed by atoms with van der Waals surface area (Å²) in [4.78, 5) is 31.0. The Balaban J connectivity index is 1.61. The summed E-state index contributed by atoms with van der Waals surface area (Å²) >= 11 is 0. The normalized spacial score (nSPS) is 10.4. The molecule has 0 spiro atoms. The molecule has 0 saturated heterocycles. The molecule has 0 aliphatic rings. The maximum Gasteiger partial charge on any atom is 0.253 e. The van der Waals surface area contributed by atoms with Gasteiger partial charge in [-0.25, -0.2) is 0 Å². The first-order valence-electron chi connectivity index (χ1n) is 9.62. The third-order valence-electron chi connectivity index (χ3n) is 4.90. The Morgan fingerprint density at radius 1 is 0.966 bits per heavy atom. The zero-order valence-corrected chi connectivity index (χ0v) is 16.8. The molecular formula is C24H25N3O2. The molecule has 1 heterocycles. The van der Waals surface area contributed by atoms with Crippen LogP contribution in [0.25, 0.3) is 0 Å². The molecule has 148 valence electrons. The number of benzene rings is 2. The van der Waals surface area contributed by atoms with E-state index in [2.05, 4.69) is 10.3 Å². The summed E-state index contributed by atoms with van der Waals surface area (Å²) in [6, 6.07) is 18.7. The van der Waals surface area contributed by atoms with Gasteiger partial charge in [-0.15, -0.1) is 0 Å². The zero-order valence-electron chi connectivity index (χ0n) is 16.8. The molecule has 0 bridgehead atoms. The van der Waals surface area contributed by atoms with Crippen molar-refractivity contribution in [2.24, 2.45) is 0 Å². The van der Waals surface area contributed by atoms with Crippen molar-refractivity contribution >= 4 is 11.8 Å². The molecule has 29 heavy (non-hydrogen) atoms. The maximum absolute atomic E-state index is 12.7. The molecule has 0 atom stereocenters. The first-order chi connectivity index (χ1) is 14.0. The number of likely N-dealkylation sites (N-methyl/N-ethyl adjacent to an activating group) is 1. The first kappa shape index (κ1) is 20.3. The average Bonchev–Trinajstić information content (AvgIpc) is 2.77. The second-order valence-electron chi connectivity index (χ2n) is 7.02. The maximum atomic E-state index is 12.7. The van der Waals surface area contributed by atoms with E-state index in [1.54, 1.807) is 48.6 Å². The van der Waals surface area contributed by atoms with E-state index in [0.717, 1.165) is 23.1 Å². The van der Waals surface area contributed by atoms with Crippen molar-refractivity contribution in [2.75, 3.05) is 13.6 Å². The molecular weight excluding hydrogens is 362 g/mol. The number of carbonyl (C=O) groups excluding carboxylic acids is 2. The Morgan fingerprint density at radius 3 is 2.45 bits per heavy atom. The van der Waals surface area contributed by atoms with Crippen LogP contribution in [-0.2, 0) is 13.0 Å². The van der Waals surface area contributed by atoms with Crippen molar-refractivity contribution in [3.63, 3.8) is 0 Å². The van der Waals surface area contributed by atoms with Crippen LogP contribution < -0.4 is 5.32 Å². The fourth-order valence-corrected chi connectivity index (χ4v) is 3.05. The van der Waals surface area contributed by atoms with E-state index < -0.39 is 0 Å². The molecule has 0 aliphatic carbocycles. The molecule has 3 aromatic rings. The second kappa shape index (κ2) is 9.64. The van der Waals surface area contributed by atoms with E-state index in [-0.39, 0.29) is 11.8 Å². The van der Waals surface area contributed by atoms with Gasteiger partial charge in [0.15, 0.2) is 0 Å². The van der Waals surface area contributed by atoms with E-state index in [4.69, 9.17) is 0 Å². The van der Waals surface area contributed by atoms with E-state index >= 15 is 0 Å². The molecule has 5 heteroatoms. The van der Waals surface area contributed by atoms with Crippen LogP contribution in [0.3, 0.4) is 0 Å². The lowest BCUT2D eigenvalue weighted by molar-refractivity contribution is 0.0796. The van der Waals surface area contributed by atoms with Gasteiger partial charge in [-0.2, -0.15) is 0 Å². The highest BCUT2D eigenvalue weighted by molar-refractivity contribution is 5.99. The molecule has 0 unspecified atom stereocenters. The van der Waals surface area contributed by atoms with Crippen LogP contribution in [-0.4, -0.2) is 35.3 Å². The minimum Gasteiger partial charge on any atom is -0.348 e. The number of amides is 2. The minimum atomic E-state index is -0.192. The second-order valence-corrected chi connectivity index (χ2v) is 7.02. The van der Waals surface area contributed by atoms with E-state index in [1.165, 1.54) is 0 Å². The van der Waals surface area contributed by atoms with Crippen molar-refractivity contribution in [2.45, 2.75) is 19.9 Å². The number of rotatable bonds is 7. The predicted octanol–water partition coefficient (Wildman–Crippen LogP) is 3.63. The van der Waals surface area contributed by atoms with Gasteiger partial charge in [0.1, 0.15) is 0 Å². The lowest BCUT2D eigenvalue weighted by atomic mass is 10.1. The van der Waals surface area contributed by atoms with Gasteiger partial charge in [0.25, 0.3) is 11.8 Å². The van der Waals surface area contributed by atoms with Gasteiger partial charge in [0.2, 0.25) is 0 Å². The number of aryl methyl sites for hydroxylation is 1. The summed E-state index contributed by atoms with van der Waals surface area (Å²) in [7, 11) is 1.77. The van der Waals surface area contributed by atoms with Crippen LogP contribution in [0.1, 0.15) is 37.4 Å². The number of aromatic nitrogens is 1. The predicted molar refractivity (Wildman–Crippen MR) is 114 cm³/mol. The SMILES string of the molecule is Cc1ccccc1CNC(=O)c1cccc(C(=O)N(C)CCc2ccncc2)c1. The summed E-state index contributed by atoms with van der Waals surface area (Å²) in [5.74, 6) is -0.296. The largest absolute Gasteiger partial charge is 0.348 e. The monoisotopic (exact) mass is 387 g/mol. The molecule has 0 aliphatic heterocycles. The number of nitrogens with one attached hydrogen (secondary N) is 1. The van der Waals surface area contributed by atoms with Gasteiger partial charge in [0.05, 0.1) is 0 Å². The Kier molecular flexibility index (Phi) is 6.74. The van der Waals surface area contributed by atoms with Crippen LogP contribution >= 0.6 is 0 Å². The summed E-state index contributed by atoms with van der Waals surface area (Å²) < 4.78 is 0. The van der Waals surface area contributed by atoms with Crippen LogP contribution in [0, 0.1) is 6.92 Å². The Labute approximate surface area is 171 Å². The number of pyridine rings is 1. The van der Waals surface area contributed by atoms with Gasteiger partial charge in [-0.1, -0.05) is 30.3 Å². The smallest absolute Gasteiger partial charge is 0.253 e. The van der Waals surface area contributed by atoms with Crippen molar-refractivity contribution < 1.29 is 9.59 Å². The third kappa shape index (κ3) is 5.51. The summed E-state index contributed by atoms with van der Waals surface area (Å²) in [6.45, 7) is 3.06. The molecule has 3 rings (SSSR count). The zero-order chi connectivity index (χ0) is 20.6. The summed E-state index contributed by atoms with van der Waals surface area (Å²) in [5.41, 5.74) is 4.32. The highest BCUT2D eigenvalue weighted by atomic mass is 16.2.